The van der Waals surface area contributed by atoms with Crippen LogP contribution in [-0.2, 0) is 17.1 Å². The normalized spacial score (nSPS) is 11.5. The van der Waals surface area contributed by atoms with Gasteiger partial charge in [-0.25, -0.2) is 9.97 Å². The van der Waals surface area contributed by atoms with Crippen LogP contribution >= 0.6 is 0 Å². The molecule has 139 valence electrons. The number of nitrogens with one attached hydrogen (secondary N) is 2. The summed E-state index contributed by atoms with van der Waals surface area (Å²) in [5.41, 5.74) is 7.86. The number of fused-ring (bicyclic) bond motifs is 8. The fraction of sp³-hybridized carbons (Fsp3) is 0.0476. The van der Waals surface area contributed by atoms with Crippen LogP contribution in [0.15, 0.2) is 48.5 Å². The number of H-pyrrole nitrogens is 2. The van der Waals surface area contributed by atoms with Crippen LogP contribution in [0.5, 0.6) is 0 Å². The van der Waals surface area contributed by atoms with Gasteiger partial charge in [-0.1, -0.05) is 0 Å². The fourth-order valence-electron chi connectivity index (χ4n) is 2.94. The van der Waals surface area contributed by atoms with E-state index in [2.05, 4.69) is 44.2 Å². The first kappa shape index (κ1) is 18.9. The number of rotatable bonds is 0. The van der Waals surface area contributed by atoms with Gasteiger partial charge in [0.05, 0.1) is 22.8 Å². The molecule has 2 aliphatic rings. The summed E-state index contributed by atoms with van der Waals surface area (Å²) in [6.07, 6.45) is 8.09. The molecule has 5 heterocycles. The average molecular weight is 406 g/mol. The second-order valence-corrected chi connectivity index (χ2v) is 5.91. The average Bonchev–Trinajstić information content (AvgIpc) is 3.42. The molecule has 2 aliphatic heterocycles. The molecule has 0 amide bonds. The molecule has 3 aromatic heterocycles. The largest absolute Gasteiger partial charge is 0.400 e. The standard InChI is InChI=1S/C20H14N4.CH4O.Cu/c1-2-14-10-16-5-6-18(23-16)12-20-8-7-19(24-20)11-17-4-3-15(22-17)9-13(1)21-14;1-2;/h1-12,21,24H;2H,1H3;. The van der Waals surface area contributed by atoms with E-state index in [1.807, 2.05) is 48.6 Å². The quantitative estimate of drug-likeness (QED) is 0.337. The molecule has 6 heteroatoms. The Balaban J connectivity index is 0.000000680. The van der Waals surface area contributed by atoms with E-state index in [4.69, 9.17) is 5.11 Å². The monoisotopic (exact) mass is 405 g/mol. The summed E-state index contributed by atoms with van der Waals surface area (Å²) < 4.78 is 0. The molecule has 0 aromatic carbocycles. The first-order valence-electron chi connectivity index (χ1n) is 8.29. The number of hydrogen-bond donors (Lipinski definition) is 3. The van der Waals surface area contributed by atoms with E-state index in [0.29, 0.717) is 0 Å². The van der Waals surface area contributed by atoms with Gasteiger partial charge in [-0.3, -0.25) is 0 Å². The van der Waals surface area contributed by atoms with Crippen LogP contribution in [0.25, 0.3) is 46.4 Å². The van der Waals surface area contributed by atoms with Crippen LogP contribution in [0, 0.1) is 0 Å². The van der Waals surface area contributed by atoms with Crippen LogP contribution < -0.4 is 0 Å². The van der Waals surface area contributed by atoms with E-state index in [0.717, 1.165) is 52.0 Å². The van der Waals surface area contributed by atoms with Crippen molar-refractivity contribution >= 4 is 46.4 Å². The summed E-state index contributed by atoms with van der Waals surface area (Å²) in [5.74, 6) is 0. The number of nitrogens with zero attached hydrogens (tertiary/aromatic N) is 2. The van der Waals surface area contributed by atoms with Gasteiger partial charge >= 0.3 is 0 Å². The second-order valence-electron chi connectivity index (χ2n) is 5.91. The molecular formula is C21H18CuN4O. The predicted octanol–water partition coefficient (Wildman–Crippen LogP) is 4.26. The molecule has 3 aromatic rings. The van der Waals surface area contributed by atoms with E-state index in [1.165, 1.54) is 0 Å². The van der Waals surface area contributed by atoms with Crippen molar-refractivity contribution in [2.75, 3.05) is 7.11 Å². The molecule has 0 atom stereocenters. The molecule has 5 nitrogen and oxygen atoms in total. The van der Waals surface area contributed by atoms with Gasteiger partial charge in [0, 0.05) is 46.2 Å². The predicted molar refractivity (Wildman–Crippen MR) is 107 cm³/mol. The summed E-state index contributed by atoms with van der Waals surface area (Å²) in [5, 5.41) is 7.00. The molecule has 3 N–H and O–H groups in total. The Morgan fingerprint density at radius 1 is 0.556 bits per heavy atom. The van der Waals surface area contributed by atoms with Crippen molar-refractivity contribution < 1.29 is 22.2 Å². The first-order valence-corrected chi connectivity index (χ1v) is 8.29. The maximum absolute atomic E-state index is 7.00. The minimum absolute atomic E-state index is 0. The third kappa shape index (κ3) is 4.26. The van der Waals surface area contributed by atoms with Gasteiger partial charge in [-0.05, 0) is 72.8 Å². The van der Waals surface area contributed by atoms with Crippen LogP contribution in [0.2, 0.25) is 0 Å². The summed E-state index contributed by atoms with van der Waals surface area (Å²) in [6.45, 7) is 0. The molecular weight excluding hydrogens is 388 g/mol. The van der Waals surface area contributed by atoms with Gasteiger partial charge in [0.2, 0.25) is 0 Å². The minimum atomic E-state index is 0. The topological polar surface area (TPSA) is 77.6 Å². The molecule has 0 saturated carbocycles. The Morgan fingerprint density at radius 3 is 1.07 bits per heavy atom. The first-order chi connectivity index (χ1) is 12.8. The molecule has 0 spiro atoms. The maximum atomic E-state index is 7.00. The molecule has 0 saturated heterocycles. The number of aliphatic hydroxyl groups is 1. The van der Waals surface area contributed by atoms with E-state index in [-0.39, 0.29) is 17.1 Å². The van der Waals surface area contributed by atoms with Crippen LogP contribution in [0.1, 0.15) is 22.8 Å². The molecule has 5 rings (SSSR count). The van der Waals surface area contributed by atoms with Gasteiger partial charge in [-0.2, -0.15) is 0 Å². The SMILES string of the molecule is C1=Cc2cc3ccc(cc4nc(cc5ccc(cc1n2)[nH]5)C=C4)[nH]3.CO.[Cu]. The van der Waals surface area contributed by atoms with Crippen LogP contribution in [0.3, 0.4) is 0 Å². The minimum Gasteiger partial charge on any atom is -0.400 e. The van der Waals surface area contributed by atoms with E-state index >= 15 is 0 Å². The fourth-order valence-corrected chi connectivity index (χ4v) is 2.94. The molecule has 27 heavy (non-hydrogen) atoms. The second kappa shape index (κ2) is 8.18. The van der Waals surface area contributed by atoms with Gasteiger partial charge in [0.25, 0.3) is 0 Å². The van der Waals surface area contributed by atoms with E-state index in [9.17, 15) is 0 Å². The number of aromatic amines is 2. The summed E-state index contributed by atoms with van der Waals surface area (Å²) >= 11 is 0. The zero-order valence-electron chi connectivity index (χ0n) is 14.6. The third-order valence-corrected chi connectivity index (χ3v) is 4.04. The molecule has 0 fully saturated rings. The van der Waals surface area contributed by atoms with Gasteiger partial charge in [-0.15, -0.1) is 0 Å². The Labute approximate surface area is 167 Å². The Kier molecular flexibility index (Phi) is 5.72. The van der Waals surface area contributed by atoms with Crippen LogP contribution in [-0.4, -0.2) is 32.2 Å². The zero-order chi connectivity index (χ0) is 17.9. The van der Waals surface area contributed by atoms with E-state index in [1.54, 1.807) is 0 Å². The smallest absolute Gasteiger partial charge is 0.0658 e. The van der Waals surface area contributed by atoms with Gasteiger partial charge in [0.1, 0.15) is 0 Å². The summed E-state index contributed by atoms with van der Waals surface area (Å²) in [4.78, 5) is 16.0. The molecule has 8 bridgehead atoms. The Bertz CT molecular complexity index is 997. The van der Waals surface area contributed by atoms with Gasteiger partial charge < -0.3 is 15.1 Å². The Hall–Kier alpha value is -2.92. The zero-order valence-corrected chi connectivity index (χ0v) is 15.5. The molecule has 0 aliphatic carbocycles. The van der Waals surface area contributed by atoms with Crippen molar-refractivity contribution in [3.63, 3.8) is 0 Å². The number of aromatic nitrogens is 4. The molecule has 1 radical (unpaired) electrons. The van der Waals surface area contributed by atoms with Crippen molar-refractivity contribution in [3.05, 3.63) is 71.3 Å². The van der Waals surface area contributed by atoms with E-state index < -0.39 is 0 Å². The number of aliphatic hydroxyl groups excluding tert-OH is 1. The molecule has 0 unspecified atom stereocenters. The van der Waals surface area contributed by atoms with Crippen LogP contribution in [0.4, 0.5) is 0 Å². The maximum Gasteiger partial charge on any atom is 0.0658 e. The number of hydrogen-bond acceptors (Lipinski definition) is 3. The van der Waals surface area contributed by atoms with Gasteiger partial charge in [0.15, 0.2) is 0 Å². The summed E-state index contributed by atoms with van der Waals surface area (Å²) in [7, 11) is 1.00. The van der Waals surface area contributed by atoms with Crippen molar-refractivity contribution in [2.45, 2.75) is 0 Å². The Morgan fingerprint density at radius 2 is 0.815 bits per heavy atom. The van der Waals surface area contributed by atoms with Crippen molar-refractivity contribution in [3.8, 4) is 0 Å². The van der Waals surface area contributed by atoms with Crippen molar-refractivity contribution in [1.29, 1.82) is 0 Å². The van der Waals surface area contributed by atoms with Crippen molar-refractivity contribution in [2.24, 2.45) is 0 Å². The summed E-state index contributed by atoms with van der Waals surface area (Å²) in [6, 6.07) is 16.4. The third-order valence-electron chi connectivity index (χ3n) is 4.04. The van der Waals surface area contributed by atoms with Crippen molar-refractivity contribution in [1.82, 2.24) is 19.9 Å².